The third kappa shape index (κ3) is 2.10. The summed E-state index contributed by atoms with van der Waals surface area (Å²) in [7, 11) is 0. The molecule has 2 bridgehead atoms. The van der Waals surface area contributed by atoms with Crippen LogP contribution in [0.4, 0.5) is 0 Å². The van der Waals surface area contributed by atoms with Gasteiger partial charge >= 0.3 is 0 Å². The zero-order valence-electron chi connectivity index (χ0n) is 19.2. The smallest absolute Gasteiger partial charge is 0.222 e. The van der Waals surface area contributed by atoms with Crippen molar-refractivity contribution in [2.24, 2.45) is 28.6 Å². The highest BCUT2D eigenvalue weighted by atomic mass is 16.8. The molecule has 0 amide bonds. The normalized spacial score (nSPS) is 59.8. The van der Waals surface area contributed by atoms with E-state index in [1.807, 2.05) is 6.08 Å². The lowest BCUT2D eigenvalue weighted by atomic mass is 9.52. The van der Waals surface area contributed by atoms with E-state index in [1.54, 1.807) is 0 Å². The fourth-order valence-corrected chi connectivity index (χ4v) is 8.61. The van der Waals surface area contributed by atoms with Crippen molar-refractivity contribution in [1.82, 2.24) is 0 Å². The van der Waals surface area contributed by atoms with E-state index >= 15 is 0 Å². The Balaban J connectivity index is 1.45. The predicted octanol–water partition coefficient (Wildman–Crippen LogP) is 2.00. The fraction of sp³-hybridized carbons (Fsp3) is 0.840. The first-order valence-corrected chi connectivity index (χ1v) is 12.2. The summed E-state index contributed by atoms with van der Waals surface area (Å²) in [5, 5.41) is 34.8. The van der Waals surface area contributed by atoms with Crippen LogP contribution in [0.5, 0.6) is 0 Å². The van der Waals surface area contributed by atoms with E-state index in [9.17, 15) is 15.3 Å². The molecule has 3 N–H and O–H groups in total. The van der Waals surface area contributed by atoms with Gasteiger partial charge in [-0.05, 0) is 42.6 Å². The summed E-state index contributed by atoms with van der Waals surface area (Å²) in [6.07, 6.45) is 2.23. The van der Waals surface area contributed by atoms with E-state index in [0.29, 0.717) is 11.5 Å². The molecule has 4 saturated heterocycles. The number of aliphatic hydroxyl groups is 3. The molecule has 176 valence electrons. The van der Waals surface area contributed by atoms with Crippen LogP contribution < -0.4 is 0 Å². The highest BCUT2D eigenvalue weighted by Crippen LogP contribution is 2.69. The Hall–Kier alpha value is -0.800. The van der Waals surface area contributed by atoms with Gasteiger partial charge in [-0.15, -0.1) is 0 Å². The maximum atomic E-state index is 12.0. The van der Waals surface area contributed by atoms with Crippen molar-refractivity contribution in [3.05, 3.63) is 22.8 Å². The highest BCUT2D eigenvalue weighted by Gasteiger charge is 2.79. The lowest BCUT2D eigenvalue weighted by molar-refractivity contribution is -0.338. The molecule has 7 rings (SSSR count). The van der Waals surface area contributed by atoms with Crippen molar-refractivity contribution < 1.29 is 34.3 Å². The van der Waals surface area contributed by atoms with Gasteiger partial charge < -0.3 is 34.3 Å². The summed E-state index contributed by atoms with van der Waals surface area (Å²) >= 11 is 0. The molecule has 11 atom stereocenters. The number of allylic oxidation sites excluding steroid dienone is 1. The van der Waals surface area contributed by atoms with Gasteiger partial charge in [0.25, 0.3) is 0 Å². The van der Waals surface area contributed by atoms with Gasteiger partial charge in [0.2, 0.25) is 5.79 Å². The second kappa shape index (κ2) is 5.88. The summed E-state index contributed by atoms with van der Waals surface area (Å²) in [4.78, 5) is 0. The topological polar surface area (TPSA) is 97.6 Å². The van der Waals surface area contributed by atoms with Crippen LogP contribution >= 0.6 is 0 Å². The Labute approximate surface area is 188 Å². The molecule has 0 aromatic carbocycles. The predicted molar refractivity (Wildman–Crippen MR) is 112 cm³/mol. The molecule has 0 spiro atoms. The largest absolute Gasteiger partial charge is 0.388 e. The standard InChI is InChI=1S/C25H34O7/c1-11(2)12-5-6-22(3)7-8-23(4)17(15(12)22)14(26)9-13-16-18(23)30-21-25(16,28)20-24(27,10-29-21)32-19(13)31-20/h9,11,14,16-21,26-28H,5-8,10H2,1-4H3/t14-,16+,17+,18-,19+,20-,21-,22+,23+,24-,25+/m0/s1. The third-order valence-electron chi connectivity index (χ3n) is 10.2. The minimum atomic E-state index is -1.71. The molecule has 0 radical (unpaired) electrons. The zero-order chi connectivity index (χ0) is 22.4. The number of hydrogen-bond acceptors (Lipinski definition) is 7. The second-order valence-corrected chi connectivity index (χ2v) is 12.2. The summed E-state index contributed by atoms with van der Waals surface area (Å²) < 4.78 is 24.3. The average molecular weight is 447 g/mol. The molecule has 0 unspecified atom stereocenters. The van der Waals surface area contributed by atoms with Gasteiger partial charge in [-0.3, -0.25) is 0 Å². The van der Waals surface area contributed by atoms with E-state index < -0.39 is 47.5 Å². The Morgan fingerprint density at radius 1 is 1.06 bits per heavy atom. The van der Waals surface area contributed by atoms with Gasteiger partial charge in [-0.2, -0.15) is 0 Å². The molecule has 5 fully saturated rings. The maximum absolute atomic E-state index is 12.0. The molecular weight excluding hydrogens is 412 g/mol. The highest BCUT2D eigenvalue weighted by molar-refractivity contribution is 5.42. The van der Waals surface area contributed by atoms with E-state index in [0.717, 1.165) is 25.7 Å². The molecule has 0 aromatic heterocycles. The fourth-order valence-electron chi connectivity index (χ4n) is 8.61. The molecule has 7 heteroatoms. The lowest BCUT2D eigenvalue weighted by Gasteiger charge is -2.53. The molecule has 4 heterocycles. The number of aliphatic hydroxyl groups excluding tert-OH is 1. The Bertz CT molecular complexity index is 958. The van der Waals surface area contributed by atoms with Crippen LogP contribution in [0.25, 0.3) is 0 Å². The minimum Gasteiger partial charge on any atom is -0.388 e. The van der Waals surface area contributed by atoms with Gasteiger partial charge in [0, 0.05) is 17.3 Å². The summed E-state index contributed by atoms with van der Waals surface area (Å²) in [6.45, 7) is 8.96. The molecule has 1 saturated carbocycles. The molecule has 4 aliphatic heterocycles. The van der Waals surface area contributed by atoms with Gasteiger partial charge in [0.05, 0.1) is 12.2 Å². The van der Waals surface area contributed by atoms with E-state index in [1.165, 1.54) is 11.1 Å². The second-order valence-electron chi connectivity index (χ2n) is 12.2. The van der Waals surface area contributed by atoms with Gasteiger partial charge in [-0.25, -0.2) is 0 Å². The van der Waals surface area contributed by atoms with Crippen molar-refractivity contribution >= 4 is 0 Å². The molecular formula is C25H34O7. The van der Waals surface area contributed by atoms with Crippen molar-refractivity contribution in [2.45, 2.75) is 95.7 Å². The van der Waals surface area contributed by atoms with Crippen LogP contribution in [-0.4, -0.2) is 64.2 Å². The molecule has 7 nitrogen and oxygen atoms in total. The van der Waals surface area contributed by atoms with Crippen molar-refractivity contribution in [3.63, 3.8) is 0 Å². The van der Waals surface area contributed by atoms with E-state index in [2.05, 4.69) is 27.7 Å². The van der Waals surface area contributed by atoms with Crippen molar-refractivity contribution in [1.29, 1.82) is 0 Å². The zero-order valence-corrected chi connectivity index (χ0v) is 19.2. The molecule has 7 aliphatic rings. The van der Waals surface area contributed by atoms with Crippen LogP contribution in [0.2, 0.25) is 0 Å². The van der Waals surface area contributed by atoms with Crippen LogP contribution in [0.1, 0.15) is 53.4 Å². The Morgan fingerprint density at radius 3 is 2.59 bits per heavy atom. The van der Waals surface area contributed by atoms with Crippen LogP contribution in [0.15, 0.2) is 22.8 Å². The Morgan fingerprint density at radius 2 is 1.84 bits per heavy atom. The van der Waals surface area contributed by atoms with E-state index in [4.69, 9.17) is 18.9 Å². The molecule has 3 aliphatic carbocycles. The van der Waals surface area contributed by atoms with Crippen LogP contribution in [0.3, 0.4) is 0 Å². The number of fused-ring (bicyclic) bond motifs is 6. The van der Waals surface area contributed by atoms with Crippen molar-refractivity contribution in [2.75, 3.05) is 6.61 Å². The first kappa shape index (κ1) is 20.6. The monoisotopic (exact) mass is 446 g/mol. The van der Waals surface area contributed by atoms with Gasteiger partial charge in [0.1, 0.15) is 6.61 Å². The number of ether oxygens (including phenoxy) is 4. The SMILES string of the molecule is CC(C)C1=C2[C@H]3[C@@H](O)C=C4[C@@H]5O[C@@H]6[C@@]7(O)[C@@H](OC[C@]6(O)O5)O[C@@H]([C@@H]47)[C@]3(C)CC[C@@]2(C)CC1. The average Bonchev–Trinajstić information content (AvgIpc) is 3.33. The molecule has 0 aromatic rings. The molecule has 32 heavy (non-hydrogen) atoms. The van der Waals surface area contributed by atoms with Crippen LogP contribution in [0, 0.1) is 28.6 Å². The lowest BCUT2D eigenvalue weighted by Crippen LogP contribution is -2.69. The third-order valence-corrected chi connectivity index (χ3v) is 10.2. The maximum Gasteiger partial charge on any atom is 0.222 e. The Kier molecular flexibility index (Phi) is 3.78. The quantitative estimate of drug-likeness (QED) is 0.530. The van der Waals surface area contributed by atoms with Gasteiger partial charge in [0.15, 0.2) is 24.3 Å². The van der Waals surface area contributed by atoms with Crippen LogP contribution in [-0.2, 0) is 18.9 Å². The first-order valence-electron chi connectivity index (χ1n) is 12.2. The summed E-state index contributed by atoms with van der Waals surface area (Å²) in [5.74, 6) is -1.84. The number of rotatable bonds is 1. The van der Waals surface area contributed by atoms with Crippen molar-refractivity contribution in [3.8, 4) is 0 Å². The minimum absolute atomic E-state index is 0.0871. The number of hydrogen-bond donors (Lipinski definition) is 3. The summed E-state index contributed by atoms with van der Waals surface area (Å²) in [6, 6.07) is 0. The summed E-state index contributed by atoms with van der Waals surface area (Å²) in [5.41, 5.74) is 1.70. The van der Waals surface area contributed by atoms with E-state index in [-0.39, 0.29) is 24.0 Å². The first-order chi connectivity index (χ1) is 15.0. The van der Waals surface area contributed by atoms with Gasteiger partial charge in [-0.1, -0.05) is 44.9 Å².